The van der Waals surface area contributed by atoms with Gasteiger partial charge in [-0.05, 0) is 37.5 Å². The molecule has 1 aromatic carbocycles. The second-order valence-electron chi connectivity index (χ2n) is 6.37. The van der Waals surface area contributed by atoms with E-state index in [0.29, 0.717) is 16.4 Å². The molecule has 2 aromatic heterocycles. The predicted molar refractivity (Wildman–Crippen MR) is 96.5 cm³/mol. The molecule has 0 radical (unpaired) electrons. The van der Waals surface area contributed by atoms with Crippen LogP contribution in [-0.4, -0.2) is 48.4 Å². The predicted octanol–water partition coefficient (Wildman–Crippen LogP) is 1.56. The number of halogens is 1. The third kappa shape index (κ3) is 2.86. The number of carbonyl (C=O) groups excluding carboxylic acids is 1. The molecule has 0 saturated carbocycles. The van der Waals surface area contributed by atoms with E-state index in [4.69, 9.17) is 11.6 Å². The fourth-order valence-corrected chi connectivity index (χ4v) is 3.23. The van der Waals surface area contributed by atoms with Gasteiger partial charge >= 0.3 is 0 Å². The van der Waals surface area contributed by atoms with Crippen LogP contribution in [0.15, 0.2) is 29.3 Å². The summed E-state index contributed by atoms with van der Waals surface area (Å²) in [6, 6.07) is 5.44. The minimum atomic E-state index is -0.382. The molecule has 134 valence electrons. The standard InChI is InChI=1S/C17H17ClN6O2/c1-11-4-5-12(8-13(11)18)24-16-15(20-21-24)17(26)23(10-19-16)9-14(25)22-6-2-3-7-22/h4-5,8,10H,2-3,6-7,9H2,1H3. The molecule has 26 heavy (non-hydrogen) atoms. The van der Waals surface area contributed by atoms with Gasteiger partial charge in [-0.2, -0.15) is 4.68 Å². The molecule has 1 aliphatic heterocycles. The number of carbonyl (C=O) groups is 1. The summed E-state index contributed by atoms with van der Waals surface area (Å²) in [6.45, 7) is 3.35. The smallest absolute Gasteiger partial charge is 0.284 e. The van der Waals surface area contributed by atoms with Gasteiger partial charge in [0.05, 0.1) is 5.69 Å². The molecule has 0 aliphatic carbocycles. The third-order valence-electron chi connectivity index (χ3n) is 4.59. The van der Waals surface area contributed by atoms with Crippen molar-refractivity contribution in [3.05, 3.63) is 45.5 Å². The Bertz CT molecular complexity index is 1050. The first-order valence-electron chi connectivity index (χ1n) is 8.40. The van der Waals surface area contributed by atoms with Crippen LogP contribution in [0.3, 0.4) is 0 Å². The molecule has 0 unspecified atom stereocenters. The molecule has 1 fully saturated rings. The molecule has 8 nitrogen and oxygen atoms in total. The van der Waals surface area contributed by atoms with Crippen LogP contribution in [0.4, 0.5) is 0 Å². The molecule has 3 aromatic rings. The highest BCUT2D eigenvalue weighted by Crippen LogP contribution is 2.20. The Kier molecular flexibility index (Phi) is 4.20. The second kappa shape index (κ2) is 6.53. The first-order chi connectivity index (χ1) is 12.5. The van der Waals surface area contributed by atoms with E-state index in [2.05, 4.69) is 15.3 Å². The summed E-state index contributed by atoms with van der Waals surface area (Å²) >= 11 is 6.17. The molecule has 4 rings (SSSR count). The van der Waals surface area contributed by atoms with Crippen LogP contribution in [0.25, 0.3) is 16.9 Å². The first-order valence-corrected chi connectivity index (χ1v) is 8.77. The van der Waals surface area contributed by atoms with Crippen LogP contribution < -0.4 is 5.56 Å². The molecule has 1 amide bonds. The van der Waals surface area contributed by atoms with Gasteiger partial charge in [0.15, 0.2) is 11.2 Å². The first kappa shape index (κ1) is 16.7. The zero-order valence-electron chi connectivity index (χ0n) is 14.2. The van der Waals surface area contributed by atoms with Gasteiger partial charge in [0, 0.05) is 18.1 Å². The maximum absolute atomic E-state index is 12.7. The van der Waals surface area contributed by atoms with Gasteiger partial charge in [-0.15, -0.1) is 5.10 Å². The molecule has 0 spiro atoms. The molecular formula is C17H17ClN6O2. The number of aromatic nitrogens is 5. The fourth-order valence-electron chi connectivity index (χ4n) is 3.06. The van der Waals surface area contributed by atoms with Crippen LogP contribution in [0.2, 0.25) is 5.02 Å². The summed E-state index contributed by atoms with van der Waals surface area (Å²) in [4.78, 5) is 31.0. The Morgan fingerprint density at radius 2 is 2.04 bits per heavy atom. The van der Waals surface area contributed by atoms with Crippen molar-refractivity contribution in [1.82, 2.24) is 29.4 Å². The second-order valence-corrected chi connectivity index (χ2v) is 6.78. The fraction of sp³-hybridized carbons (Fsp3) is 0.353. The monoisotopic (exact) mass is 372 g/mol. The normalized spacial score (nSPS) is 14.3. The Hall–Kier alpha value is -2.74. The van der Waals surface area contributed by atoms with Gasteiger partial charge in [0.1, 0.15) is 12.9 Å². The Labute approximate surface area is 154 Å². The van der Waals surface area contributed by atoms with E-state index in [1.165, 1.54) is 15.6 Å². The van der Waals surface area contributed by atoms with Gasteiger partial charge in [-0.3, -0.25) is 14.2 Å². The summed E-state index contributed by atoms with van der Waals surface area (Å²) in [5.74, 6) is -0.0801. The maximum atomic E-state index is 12.7. The number of aryl methyl sites for hydroxylation is 1. The largest absolute Gasteiger partial charge is 0.341 e. The van der Waals surface area contributed by atoms with Gasteiger partial charge in [-0.1, -0.05) is 22.9 Å². The average molecular weight is 373 g/mol. The van der Waals surface area contributed by atoms with E-state index in [9.17, 15) is 9.59 Å². The maximum Gasteiger partial charge on any atom is 0.284 e. The molecular weight excluding hydrogens is 356 g/mol. The average Bonchev–Trinajstić information content (AvgIpc) is 3.29. The van der Waals surface area contributed by atoms with Crippen molar-refractivity contribution in [2.75, 3.05) is 13.1 Å². The van der Waals surface area contributed by atoms with E-state index in [-0.39, 0.29) is 23.5 Å². The molecule has 1 saturated heterocycles. The highest BCUT2D eigenvalue weighted by molar-refractivity contribution is 6.31. The van der Waals surface area contributed by atoms with Crippen molar-refractivity contribution in [2.24, 2.45) is 0 Å². The SMILES string of the molecule is Cc1ccc(-n2nnc3c(=O)n(CC(=O)N4CCCC4)cnc32)cc1Cl. The van der Waals surface area contributed by atoms with Crippen molar-refractivity contribution in [2.45, 2.75) is 26.3 Å². The third-order valence-corrected chi connectivity index (χ3v) is 5.00. The molecule has 3 heterocycles. The lowest BCUT2D eigenvalue weighted by Crippen LogP contribution is -2.34. The lowest BCUT2D eigenvalue weighted by molar-refractivity contribution is -0.130. The summed E-state index contributed by atoms with van der Waals surface area (Å²) in [6.07, 6.45) is 3.38. The van der Waals surface area contributed by atoms with Gasteiger partial charge in [0.2, 0.25) is 5.91 Å². The van der Waals surface area contributed by atoms with E-state index in [0.717, 1.165) is 31.5 Å². The molecule has 0 bridgehead atoms. The number of nitrogens with zero attached hydrogens (tertiary/aromatic N) is 6. The molecule has 1 aliphatic rings. The lowest BCUT2D eigenvalue weighted by atomic mass is 10.2. The molecule has 9 heteroatoms. The van der Waals surface area contributed by atoms with Crippen molar-refractivity contribution in [3.8, 4) is 5.69 Å². The van der Waals surface area contributed by atoms with Gasteiger partial charge < -0.3 is 4.90 Å². The summed E-state index contributed by atoms with van der Waals surface area (Å²) < 4.78 is 2.75. The van der Waals surface area contributed by atoms with Crippen LogP contribution in [0, 0.1) is 6.92 Å². The minimum absolute atomic E-state index is 0.0367. The van der Waals surface area contributed by atoms with Crippen LogP contribution in [-0.2, 0) is 11.3 Å². The van der Waals surface area contributed by atoms with Crippen LogP contribution in [0.5, 0.6) is 0 Å². The zero-order chi connectivity index (χ0) is 18.3. The van der Waals surface area contributed by atoms with E-state index < -0.39 is 0 Å². The van der Waals surface area contributed by atoms with E-state index in [1.54, 1.807) is 11.0 Å². The minimum Gasteiger partial charge on any atom is -0.341 e. The number of hydrogen-bond acceptors (Lipinski definition) is 5. The van der Waals surface area contributed by atoms with Gasteiger partial charge in [-0.25, -0.2) is 4.98 Å². The van der Waals surface area contributed by atoms with Crippen LogP contribution >= 0.6 is 11.6 Å². The number of amides is 1. The molecule has 0 N–H and O–H groups in total. The van der Waals surface area contributed by atoms with Crippen molar-refractivity contribution >= 4 is 28.7 Å². The van der Waals surface area contributed by atoms with Gasteiger partial charge in [0.25, 0.3) is 5.56 Å². The topological polar surface area (TPSA) is 85.9 Å². The zero-order valence-corrected chi connectivity index (χ0v) is 15.0. The van der Waals surface area contributed by atoms with Crippen LogP contribution in [0.1, 0.15) is 18.4 Å². The Morgan fingerprint density at radius 1 is 1.27 bits per heavy atom. The Balaban J connectivity index is 1.70. The summed E-state index contributed by atoms with van der Waals surface area (Å²) in [5, 5.41) is 8.59. The van der Waals surface area contributed by atoms with Crippen molar-refractivity contribution in [1.29, 1.82) is 0 Å². The highest BCUT2D eigenvalue weighted by Gasteiger charge is 2.20. The van der Waals surface area contributed by atoms with Crippen molar-refractivity contribution in [3.63, 3.8) is 0 Å². The van der Waals surface area contributed by atoms with Crippen molar-refractivity contribution < 1.29 is 4.79 Å². The molecule has 0 atom stereocenters. The number of hydrogen-bond donors (Lipinski definition) is 0. The number of benzene rings is 1. The Morgan fingerprint density at radius 3 is 2.77 bits per heavy atom. The quantitative estimate of drug-likeness (QED) is 0.696. The van der Waals surface area contributed by atoms with E-state index in [1.807, 2.05) is 19.1 Å². The number of fused-ring (bicyclic) bond motifs is 1. The summed E-state index contributed by atoms with van der Waals surface area (Å²) in [7, 11) is 0. The lowest BCUT2D eigenvalue weighted by Gasteiger charge is -2.15. The highest BCUT2D eigenvalue weighted by atomic mass is 35.5. The number of rotatable bonds is 3. The number of likely N-dealkylation sites (tertiary alicyclic amines) is 1. The van der Waals surface area contributed by atoms with E-state index >= 15 is 0 Å². The summed E-state index contributed by atoms with van der Waals surface area (Å²) in [5.41, 5.74) is 1.68.